The number of rotatable bonds is 3. The third kappa shape index (κ3) is 8.89. The summed E-state index contributed by atoms with van der Waals surface area (Å²) in [4.78, 5) is 0. The molecular weight excluding hydrogens is 160 g/mol. The smallest absolute Gasteiger partial charge is 0.0313 e. The summed E-state index contributed by atoms with van der Waals surface area (Å²) in [6, 6.07) is 9.49. The van der Waals surface area contributed by atoms with E-state index in [-0.39, 0.29) is 0 Å². The van der Waals surface area contributed by atoms with Crippen molar-refractivity contribution in [3.8, 4) is 0 Å². The predicted octanol–water partition coefficient (Wildman–Crippen LogP) is 2.40. The quantitative estimate of drug-likeness (QED) is 0.554. The lowest BCUT2D eigenvalue weighted by atomic mass is 10.3. The highest BCUT2D eigenvalue weighted by Gasteiger charge is 1.75. The van der Waals surface area contributed by atoms with Gasteiger partial charge in [-0.1, -0.05) is 38.0 Å². The standard InChI is InChI=1S/C6H7N.C5H13N/c7-6-4-2-1-3-5-6;1-2-3-4-5-6/h1-5H,7H2;2-6H2,1H3. The second-order valence-corrected chi connectivity index (χ2v) is 2.91. The minimum atomic E-state index is 0.822. The van der Waals surface area contributed by atoms with E-state index < -0.39 is 0 Å². The van der Waals surface area contributed by atoms with Crippen LogP contribution in [0, 0.1) is 0 Å². The molecule has 1 aromatic carbocycles. The number of anilines is 1. The molecule has 0 aliphatic rings. The minimum Gasteiger partial charge on any atom is -0.399 e. The number of hydrogen-bond acceptors (Lipinski definition) is 2. The molecule has 0 bridgehead atoms. The van der Waals surface area contributed by atoms with Gasteiger partial charge in [0, 0.05) is 5.69 Å². The highest BCUT2D eigenvalue weighted by molar-refractivity contribution is 5.35. The van der Waals surface area contributed by atoms with Gasteiger partial charge in [-0.15, -0.1) is 0 Å². The number of unbranched alkanes of at least 4 members (excludes halogenated alkanes) is 2. The number of nitrogens with two attached hydrogens (primary N) is 2. The van der Waals surface area contributed by atoms with Crippen LogP contribution in [0.4, 0.5) is 5.69 Å². The van der Waals surface area contributed by atoms with E-state index in [9.17, 15) is 0 Å². The molecule has 0 saturated heterocycles. The van der Waals surface area contributed by atoms with Crippen molar-refractivity contribution >= 4 is 5.69 Å². The zero-order valence-corrected chi connectivity index (χ0v) is 8.37. The van der Waals surface area contributed by atoms with Gasteiger partial charge in [-0.05, 0) is 25.1 Å². The molecule has 4 N–H and O–H groups in total. The second-order valence-electron chi connectivity index (χ2n) is 2.91. The van der Waals surface area contributed by atoms with Crippen LogP contribution in [0.5, 0.6) is 0 Å². The highest BCUT2D eigenvalue weighted by Crippen LogP contribution is 1.95. The van der Waals surface area contributed by atoms with E-state index in [4.69, 9.17) is 11.5 Å². The third-order valence-electron chi connectivity index (χ3n) is 1.61. The fraction of sp³-hybridized carbons (Fsp3) is 0.455. The SMILES string of the molecule is CCCCCN.Nc1ccccc1. The Labute approximate surface area is 80.9 Å². The van der Waals surface area contributed by atoms with Crippen molar-refractivity contribution in [2.75, 3.05) is 12.3 Å². The maximum absolute atomic E-state index is 5.36. The van der Waals surface area contributed by atoms with Crippen molar-refractivity contribution in [1.82, 2.24) is 0 Å². The first-order chi connectivity index (χ1) is 6.31. The fourth-order valence-electron chi connectivity index (χ4n) is 0.847. The predicted molar refractivity (Wildman–Crippen MR) is 59.4 cm³/mol. The molecule has 0 radical (unpaired) electrons. The van der Waals surface area contributed by atoms with Gasteiger partial charge >= 0.3 is 0 Å². The molecule has 0 atom stereocenters. The average Bonchev–Trinajstić information content (AvgIpc) is 2.17. The van der Waals surface area contributed by atoms with Crippen LogP contribution in [0.15, 0.2) is 30.3 Å². The Morgan fingerprint density at radius 3 is 1.92 bits per heavy atom. The van der Waals surface area contributed by atoms with Crippen LogP contribution in [-0.4, -0.2) is 6.54 Å². The Morgan fingerprint density at radius 2 is 1.69 bits per heavy atom. The Balaban J connectivity index is 0.000000226. The van der Waals surface area contributed by atoms with Gasteiger partial charge in [0.15, 0.2) is 0 Å². The molecule has 13 heavy (non-hydrogen) atoms. The zero-order valence-electron chi connectivity index (χ0n) is 8.37. The summed E-state index contributed by atoms with van der Waals surface area (Å²) >= 11 is 0. The molecule has 2 nitrogen and oxygen atoms in total. The van der Waals surface area contributed by atoms with Crippen LogP contribution >= 0.6 is 0 Å². The molecule has 0 saturated carbocycles. The lowest BCUT2D eigenvalue weighted by molar-refractivity contribution is 0.727. The van der Waals surface area contributed by atoms with Crippen LogP contribution in [-0.2, 0) is 0 Å². The number of benzene rings is 1. The van der Waals surface area contributed by atoms with Gasteiger partial charge in [0.25, 0.3) is 0 Å². The molecule has 0 aliphatic carbocycles. The molecule has 0 spiro atoms. The van der Waals surface area contributed by atoms with Crippen LogP contribution < -0.4 is 11.5 Å². The topological polar surface area (TPSA) is 52.0 Å². The fourth-order valence-corrected chi connectivity index (χ4v) is 0.847. The van der Waals surface area contributed by atoms with Gasteiger partial charge < -0.3 is 11.5 Å². The Kier molecular flexibility index (Phi) is 8.36. The molecule has 0 heterocycles. The molecule has 74 valence electrons. The maximum Gasteiger partial charge on any atom is 0.0313 e. The van der Waals surface area contributed by atoms with E-state index in [1.807, 2.05) is 30.3 Å². The van der Waals surface area contributed by atoms with Crippen LogP contribution in [0.1, 0.15) is 26.2 Å². The van der Waals surface area contributed by atoms with E-state index in [0.717, 1.165) is 12.2 Å². The van der Waals surface area contributed by atoms with Gasteiger partial charge in [0.05, 0.1) is 0 Å². The number of para-hydroxylation sites is 1. The first-order valence-electron chi connectivity index (χ1n) is 4.81. The Hall–Kier alpha value is -1.02. The molecule has 0 amide bonds. The van der Waals surface area contributed by atoms with Crippen LogP contribution in [0.25, 0.3) is 0 Å². The molecule has 0 fully saturated rings. The lowest BCUT2D eigenvalue weighted by Crippen LogP contribution is -1.96. The highest BCUT2D eigenvalue weighted by atomic mass is 14.5. The zero-order chi connectivity index (χ0) is 9.94. The lowest BCUT2D eigenvalue weighted by Gasteiger charge is -1.86. The second kappa shape index (κ2) is 9.07. The molecule has 1 aromatic rings. The van der Waals surface area contributed by atoms with Gasteiger partial charge in [-0.2, -0.15) is 0 Å². The van der Waals surface area contributed by atoms with Gasteiger partial charge in [-0.3, -0.25) is 0 Å². The van der Waals surface area contributed by atoms with E-state index >= 15 is 0 Å². The first kappa shape index (κ1) is 12.0. The average molecular weight is 180 g/mol. The van der Waals surface area contributed by atoms with E-state index in [1.165, 1.54) is 19.3 Å². The van der Waals surface area contributed by atoms with Gasteiger partial charge in [0.2, 0.25) is 0 Å². The first-order valence-corrected chi connectivity index (χ1v) is 4.81. The summed E-state index contributed by atoms with van der Waals surface area (Å²) in [7, 11) is 0. The summed E-state index contributed by atoms with van der Waals surface area (Å²) in [5.74, 6) is 0. The van der Waals surface area contributed by atoms with Gasteiger partial charge in [-0.25, -0.2) is 0 Å². The van der Waals surface area contributed by atoms with Crippen molar-refractivity contribution < 1.29 is 0 Å². The van der Waals surface area contributed by atoms with Gasteiger partial charge in [0.1, 0.15) is 0 Å². The Bertz CT molecular complexity index is 181. The van der Waals surface area contributed by atoms with Crippen molar-refractivity contribution in [3.05, 3.63) is 30.3 Å². The Morgan fingerprint density at radius 1 is 1.08 bits per heavy atom. The van der Waals surface area contributed by atoms with Crippen molar-refractivity contribution in [2.45, 2.75) is 26.2 Å². The van der Waals surface area contributed by atoms with Crippen LogP contribution in [0.3, 0.4) is 0 Å². The monoisotopic (exact) mass is 180 g/mol. The largest absolute Gasteiger partial charge is 0.399 e. The number of hydrogen-bond donors (Lipinski definition) is 2. The van der Waals surface area contributed by atoms with Crippen molar-refractivity contribution in [3.63, 3.8) is 0 Å². The number of nitrogen functional groups attached to an aromatic ring is 1. The van der Waals surface area contributed by atoms with E-state index in [0.29, 0.717) is 0 Å². The molecule has 1 rings (SSSR count). The summed E-state index contributed by atoms with van der Waals surface area (Å²) in [6.07, 6.45) is 3.75. The molecular formula is C11H20N2. The van der Waals surface area contributed by atoms with Crippen molar-refractivity contribution in [1.29, 1.82) is 0 Å². The molecule has 2 heteroatoms. The molecule has 0 unspecified atom stereocenters. The van der Waals surface area contributed by atoms with E-state index in [2.05, 4.69) is 6.92 Å². The third-order valence-corrected chi connectivity index (χ3v) is 1.61. The minimum absolute atomic E-state index is 0.822. The molecule has 0 aliphatic heterocycles. The summed E-state index contributed by atoms with van der Waals surface area (Å²) in [6.45, 7) is 3.03. The summed E-state index contributed by atoms with van der Waals surface area (Å²) < 4.78 is 0. The van der Waals surface area contributed by atoms with E-state index in [1.54, 1.807) is 0 Å². The normalized spacial score (nSPS) is 8.77. The maximum atomic E-state index is 5.36. The van der Waals surface area contributed by atoms with Crippen LogP contribution in [0.2, 0.25) is 0 Å². The van der Waals surface area contributed by atoms with Crippen molar-refractivity contribution in [2.24, 2.45) is 5.73 Å². The molecule has 0 aromatic heterocycles. The summed E-state index contributed by atoms with van der Waals surface area (Å²) in [5.41, 5.74) is 11.4. The summed E-state index contributed by atoms with van der Waals surface area (Å²) in [5, 5.41) is 0.